The number of hydrogen-bond donors (Lipinski definition) is 1. The highest BCUT2D eigenvalue weighted by atomic mass is 35.5. The average Bonchev–Trinajstić information content (AvgIpc) is 2.92. The summed E-state index contributed by atoms with van der Waals surface area (Å²) in [5, 5.41) is 0. The number of aromatic nitrogens is 3. The number of aromatic amines is 1. The minimum Gasteiger partial charge on any atom is -0.462 e. The van der Waals surface area contributed by atoms with Crippen LogP contribution in [0.15, 0.2) is 24.5 Å². The van der Waals surface area contributed by atoms with Crippen molar-refractivity contribution in [3.63, 3.8) is 0 Å². The number of halogens is 1. The van der Waals surface area contributed by atoms with Crippen molar-refractivity contribution in [2.45, 2.75) is 12.8 Å². The van der Waals surface area contributed by atoms with Crippen LogP contribution in [0.5, 0.6) is 0 Å². The molecule has 2 aromatic rings. The molecule has 0 spiro atoms. The van der Waals surface area contributed by atoms with Gasteiger partial charge in [-0.1, -0.05) is 0 Å². The zero-order chi connectivity index (χ0) is 13.0. The Morgan fingerprint density at radius 1 is 1.56 bits per heavy atom. The summed E-state index contributed by atoms with van der Waals surface area (Å²) in [6, 6.07) is 3.69. The van der Waals surface area contributed by atoms with Crippen LogP contribution >= 0.6 is 11.6 Å². The molecule has 0 saturated heterocycles. The van der Waals surface area contributed by atoms with Gasteiger partial charge in [-0.05, 0) is 19.1 Å². The molecule has 0 aliphatic heterocycles. The maximum absolute atomic E-state index is 11.7. The maximum Gasteiger partial charge on any atom is 0.341 e. The summed E-state index contributed by atoms with van der Waals surface area (Å²) >= 11 is 5.80. The molecule has 0 amide bonds. The van der Waals surface area contributed by atoms with E-state index in [-0.39, 0.29) is 5.88 Å². The molecule has 5 nitrogen and oxygen atoms in total. The van der Waals surface area contributed by atoms with E-state index in [1.54, 1.807) is 13.1 Å². The molecular weight excluding hydrogens is 254 g/mol. The highest BCUT2D eigenvalue weighted by Crippen LogP contribution is 2.16. The van der Waals surface area contributed by atoms with Gasteiger partial charge in [-0.25, -0.2) is 14.8 Å². The van der Waals surface area contributed by atoms with Crippen molar-refractivity contribution < 1.29 is 9.53 Å². The van der Waals surface area contributed by atoms with Gasteiger partial charge in [0.2, 0.25) is 0 Å². The van der Waals surface area contributed by atoms with Gasteiger partial charge in [0, 0.05) is 12.4 Å². The van der Waals surface area contributed by atoms with Crippen LogP contribution in [0.1, 0.15) is 23.0 Å². The summed E-state index contributed by atoms with van der Waals surface area (Å²) in [6.07, 6.45) is 3.22. The first-order valence-electron chi connectivity index (χ1n) is 5.49. The summed E-state index contributed by atoms with van der Waals surface area (Å²) in [6.45, 7) is 2.05. The fraction of sp³-hybridized carbons (Fsp3) is 0.250. The molecule has 0 atom stereocenters. The lowest BCUT2D eigenvalue weighted by Gasteiger charge is -2.06. The molecule has 1 N–H and O–H groups in total. The fourth-order valence-corrected chi connectivity index (χ4v) is 1.70. The molecule has 0 radical (unpaired) electrons. The Bertz CT molecular complexity index is 540. The number of esters is 1. The zero-order valence-electron chi connectivity index (χ0n) is 9.81. The largest absolute Gasteiger partial charge is 0.462 e. The number of nitrogens with one attached hydrogen (secondary N) is 1. The van der Waals surface area contributed by atoms with Gasteiger partial charge < -0.3 is 9.72 Å². The number of H-pyrrole nitrogens is 1. The number of rotatable bonds is 4. The zero-order valence-corrected chi connectivity index (χ0v) is 10.6. The normalized spacial score (nSPS) is 10.3. The molecule has 18 heavy (non-hydrogen) atoms. The molecule has 0 fully saturated rings. The summed E-state index contributed by atoms with van der Waals surface area (Å²) in [7, 11) is 0. The number of carbonyl (C=O) groups excluding carboxylic acids is 1. The summed E-state index contributed by atoms with van der Waals surface area (Å²) in [4.78, 5) is 23.0. The predicted octanol–water partition coefficient (Wildman–Crippen LogP) is 2.39. The van der Waals surface area contributed by atoms with E-state index in [2.05, 4.69) is 15.0 Å². The van der Waals surface area contributed by atoms with Crippen molar-refractivity contribution >= 4 is 17.6 Å². The van der Waals surface area contributed by atoms with Crippen LogP contribution in [0.2, 0.25) is 0 Å². The molecular formula is C12H12ClN3O2. The first-order valence-corrected chi connectivity index (χ1v) is 6.02. The first-order chi connectivity index (χ1) is 8.76. The van der Waals surface area contributed by atoms with E-state index >= 15 is 0 Å². The van der Waals surface area contributed by atoms with Gasteiger partial charge in [-0.2, -0.15) is 0 Å². The molecule has 0 unspecified atom stereocenters. The van der Waals surface area contributed by atoms with Crippen molar-refractivity contribution in [2.24, 2.45) is 0 Å². The second-order valence-corrected chi connectivity index (χ2v) is 3.76. The molecule has 2 aromatic heterocycles. The van der Waals surface area contributed by atoms with E-state index < -0.39 is 5.97 Å². The summed E-state index contributed by atoms with van der Waals surface area (Å²) in [5.41, 5.74) is 1.55. The van der Waals surface area contributed by atoms with Crippen LogP contribution in [-0.2, 0) is 10.6 Å². The lowest BCUT2D eigenvalue weighted by atomic mass is 10.2. The Kier molecular flexibility index (Phi) is 3.94. The van der Waals surface area contributed by atoms with Crippen LogP contribution < -0.4 is 0 Å². The van der Waals surface area contributed by atoms with Gasteiger partial charge in [-0.15, -0.1) is 11.6 Å². The Morgan fingerprint density at radius 2 is 2.39 bits per heavy atom. The first kappa shape index (κ1) is 12.6. The molecule has 94 valence electrons. The number of nitrogens with zero attached hydrogens (tertiary/aromatic N) is 2. The molecule has 0 aromatic carbocycles. The summed E-state index contributed by atoms with van der Waals surface area (Å²) < 4.78 is 4.92. The number of carbonyl (C=O) groups is 1. The van der Waals surface area contributed by atoms with Crippen molar-refractivity contribution in [3.8, 4) is 11.5 Å². The highest BCUT2D eigenvalue weighted by Gasteiger charge is 2.15. The van der Waals surface area contributed by atoms with E-state index in [0.29, 0.717) is 23.7 Å². The van der Waals surface area contributed by atoms with E-state index in [1.165, 1.54) is 6.20 Å². The van der Waals surface area contributed by atoms with E-state index in [9.17, 15) is 4.79 Å². The van der Waals surface area contributed by atoms with Crippen LogP contribution in [0.4, 0.5) is 0 Å². The average molecular weight is 266 g/mol. The number of alkyl halides is 1. The number of hydrogen-bond acceptors (Lipinski definition) is 4. The second kappa shape index (κ2) is 5.64. The Labute approximate surface area is 109 Å². The maximum atomic E-state index is 11.7. The van der Waals surface area contributed by atoms with Crippen molar-refractivity contribution in [1.82, 2.24) is 15.0 Å². The van der Waals surface area contributed by atoms with Crippen LogP contribution in [0.25, 0.3) is 11.5 Å². The third-order valence-electron chi connectivity index (χ3n) is 2.33. The molecule has 0 saturated carbocycles. The lowest BCUT2D eigenvalue weighted by molar-refractivity contribution is 0.0524. The van der Waals surface area contributed by atoms with Gasteiger partial charge in [0.15, 0.2) is 5.82 Å². The molecule has 0 aliphatic rings. The molecule has 0 aliphatic carbocycles. The van der Waals surface area contributed by atoms with Gasteiger partial charge in [0.1, 0.15) is 5.56 Å². The smallest absolute Gasteiger partial charge is 0.341 e. The standard InChI is InChI=1S/C12H12ClN3O2/c1-2-18-12(17)8-7-15-11(16-10(8)6-13)9-4-3-5-14-9/h3-5,7,14H,2,6H2,1H3. The van der Waals surface area contributed by atoms with Gasteiger partial charge in [0.25, 0.3) is 0 Å². The predicted molar refractivity (Wildman–Crippen MR) is 67.3 cm³/mol. The quantitative estimate of drug-likeness (QED) is 0.681. The van der Waals surface area contributed by atoms with Crippen molar-refractivity contribution in [3.05, 3.63) is 35.8 Å². The minimum absolute atomic E-state index is 0.129. The van der Waals surface area contributed by atoms with Crippen molar-refractivity contribution in [2.75, 3.05) is 6.61 Å². The van der Waals surface area contributed by atoms with Crippen LogP contribution in [-0.4, -0.2) is 27.5 Å². The van der Waals surface area contributed by atoms with E-state index in [0.717, 1.165) is 5.69 Å². The van der Waals surface area contributed by atoms with Gasteiger partial charge >= 0.3 is 5.97 Å². The molecule has 0 bridgehead atoms. The minimum atomic E-state index is -0.453. The molecule has 2 rings (SSSR count). The Hall–Kier alpha value is -1.88. The van der Waals surface area contributed by atoms with E-state index in [4.69, 9.17) is 16.3 Å². The SMILES string of the molecule is CCOC(=O)c1cnc(-c2ccc[nH]2)nc1CCl. The third-order valence-corrected chi connectivity index (χ3v) is 2.58. The molecule has 6 heteroatoms. The third kappa shape index (κ3) is 2.51. The topological polar surface area (TPSA) is 67.9 Å². The van der Waals surface area contributed by atoms with Crippen molar-refractivity contribution in [1.29, 1.82) is 0 Å². The molecule has 2 heterocycles. The number of ether oxygens (including phenoxy) is 1. The monoisotopic (exact) mass is 265 g/mol. The van der Waals surface area contributed by atoms with Crippen LogP contribution in [0, 0.1) is 0 Å². The highest BCUT2D eigenvalue weighted by molar-refractivity contribution is 6.17. The Morgan fingerprint density at radius 3 is 3.00 bits per heavy atom. The van der Waals surface area contributed by atoms with Crippen LogP contribution in [0.3, 0.4) is 0 Å². The second-order valence-electron chi connectivity index (χ2n) is 3.49. The van der Waals surface area contributed by atoms with Gasteiger partial charge in [-0.3, -0.25) is 0 Å². The van der Waals surface area contributed by atoms with Gasteiger partial charge in [0.05, 0.1) is 23.9 Å². The lowest BCUT2D eigenvalue weighted by Crippen LogP contribution is -2.10. The summed E-state index contributed by atoms with van der Waals surface area (Å²) in [5.74, 6) is 0.180. The Balaban J connectivity index is 2.37. The van der Waals surface area contributed by atoms with E-state index in [1.807, 2.05) is 12.1 Å². The fourth-order valence-electron chi connectivity index (χ4n) is 1.50.